The van der Waals surface area contributed by atoms with Gasteiger partial charge in [-0.25, -0.2) is 0 Å². The smallest absolute Gasteiger partial charge is 0.150 e. The highest BCUT2D eigenvalue weighted by atomic mass is 16.1. The molecule has 0 bridgehead atoms. The van der Waals surface area contributed by atoms with Gasteiger partial charge in [0.1, 0.15) is 6.29 Å². The van der Waals surface area contributed by atoms with Crippen LogP contribution in [-0.4, -0.2) is 6.29 Å². The van der Waals surface area contributed by atoms with Crippen LogP contribution in [0, 0.1) is 6.92 Å². The molecule has 2 aliphatic rings. The average molecular weight is 344 g/mol. The number of carbonyl (C=O) groups is 1. The molecule has 1 nitrogen and oxygen atoms in total. The van der Waals surface area contributed by atoms with Crippen molar-refractivity contribution in [3.8, 4) is 0 Å². The zero-order chi connectivity index (χ0) is 18.7. The lowest BCUT2D eigenvalue weighted by Gasteiger charge is -2.38. The van der Waals surface area contributed by atoms with Crippen molar-refractivity contribution < 1.29 is 4.79 Å². The molecule has 1 fully saturated rings. The van der Waals surface area contributed by atoms with Crippen LogP contribution >= 0.6 is 0 Å². The number of hydrogen-bond donors (Lipinski definition) is 0. The molecule has 0 amide bonds. The zero-order valence-corrected chi connectivity index (χ0v) is 16.5. The molecule has 0 spiro atoms. The summed E-state index contributed by atoms with van der Waals surface area (Å²) in [6.07, 6.45) is 8.02. The third-order valence-corrected chi connectivity index (χ3v) is 6.53. The first-order chi connectivity index (χ1) is 12.2. The highest BCUT2D eigenvalue weighted by Crippen LogP contribution is 2.56. The predicted octanol–water partition coefficient (Wildman–Crippen LogP) is 6.01. The van der Waals surface area contributed by atoms with Gasteiger partial charge < -0.3 is 0 Å². The lowest BCUT2D eigenvalue weighted by atomic mass is 9.66. The highest BCUT2D eigenvalue weighted by molar-refractivity contribution is 5.75. The Labute approximate surface area is 157 Å². The molecule has 4 rings (SSSR count). The summed E-state index contributed by atoms with van der Waals surface area (Å²) in [5.74, 6) is 0. The van der Waals surface area contributed by atoms with E-state index in [-0.39, 0.29) is 16.2 Å². The Morgan fingerprint density at radius 3 is 1.85 bits per heavy atom. The van der Waals surface area contributed by atoms with Gasteiger partial charge in [-0.15, -0.1) is 0 Å². The maximum Gasteiger partial charge on any atom is 0.150 e. The van der Waals surface area contributed by atoms with E-state index >= 15 is 0 Å². The second kappa shape index (κ2) is 5.42. The van der Waals surface area contributed by atoms with Gasteiger partial charge in [0.15, 0.2) is 0 Å². The molecular weight excluding hydrogens is 316 g/mol. The Bertz CT molecular complexity index is 906. The maximum absolute atomic E-state index is 11.0. The molecule has 26 heavy (non-hydrogen) atoms. The van der Waals surface area contributed by atoms with E-state index < -0.39 is 0 Å². The molecule has 0 radical (unpaired) electrons. The van der Waals surface area contributed by atoms with Gasteiger partial charge >= 0.3 is 0 Å². The summed E-state index contributed by atoms with van der Waals surface area (Å²) in [5.41, 5.74) is 8.13. The Kier molecular flexibility index (Phi) is 3.60. The lowest BCUT2D eigenvalue weighted by molar-refractivity contribution is 0.112. The van der Waals surface area contributed by atoms with Crippen molar-refractivity contribution in [3.05, 3.63) is 81.9 Å². The fourth-order valence-corrected chi connectivity index (χ4v) is 4.61. The molecule has 2 aromatic carbocycles. The topological polar surface area (TPSA) is 17.1 Å². The van der Waals surface area contributed by atoms with Gasteiger partial charge in [0, 0.05) is 21.8 Å². The van der Waals surface area contributed by atoms with E-state index in [0.717, 1.165) is 11.8 Å². The van der Waals surface area contributed by atoms with Crippen LogP contribution in [0.5, 0.6) is 0 Å². The largest absolute Gasteiger partial charge is 0.298 e. The molecule has 0 aliphatic heterocycles. The molecule has 0 unspecified atom stereocenters. The lowest BCUT2D eigenvalue weighted by Crippen LogP contribution is -2.30. The molecule has 0 N–H and O–H groups in total. The molecule has 0 atom stereocenters. The Hall–Kier alpha value is -2.15. The molecule has 2 aliphatic carbocycles. The van der Waals surface area contributed by atoms with Gasteiger partial charge in [-0.1, -0.05) is 76.2 Å². The molecule has 1 saturated carbocycles. The monoisotopic (exact) mass is 344 g/mol. The first kappa shape index (κ1) is 17.3. The molecule has 0 saturated heterocycles. The SMILES string of the molecule is Cc1cc2c(cc1C1(c3ccc(C=O)cc3)CC1)C(C)(C)C=CC2(C)C. The summed E-state index contributed by atoms with van der Waals surface area (Å²) in [5, 5.41) is 0. The molecule has 2 aromatic rings. The van der Waals surface area contributed by atoms with Gasteiger partial charge in [-0.3, -0.25) is 4.79 Å². The van der Waals surface area contributed by atoms with Crippen molar-refractivity contribution in [2.45, 2.75) is 63.7 Å². The summed E-state index contributed by atoms with van der Waals surface area (Å²) < 4.78 is 0. The summed E-state index contributed by atoms with van der Waals surface area (Å²) in [6, 6.07) is 13.1. The number of rotatable bonds is 3. The molecule has 134 valence electrons. The van der Waals surface area contributed by atoms with Crippen molar-refractivity contribution >= 4 is 6.29 Å². The van der Waals surface area contributed by atoms with Gasteiger partial charge in [-0.05, 0) is 47.6 Å². The van der Waals surface area contributed by atoms with E-state index in [9.17, 15) is 4.79 Å². The number of benzene rings is 2. The van der Waals surface area contributed by atoms with Gasteiger partial charge in [0.05, 0.1) is 0 Å². The predicted molar refractivity (Wildman–Crippen MR) is 108 cm³/mol. The number of allylic oxidation sites excluding steroid dienone is 2. The Balaban J connectivity index is 1.87. The standard InChI is InChI=1S/C25H28O/c1-17-14-21-22(24(4,5)11-10-23(21,2)3)15-20(17)25(12-13-25)19-8-6-18(16-26)7-9-19/h6-11,14-16H,12-13H2,1-5H3. The van der Waals surface area contributed by atoms with Crippen molar-refractivity contribution in [1.29, 1.82) is 0 Å². The van der Waals surface area contributed by atoms with Crippen molar-refractivity contribution in [1.82, 2.24) is 0 Å². The normalized spacial score (nSPS) is 21.1. The summed E-state index contributed by atoms with van der Waals surface area (Å²) in [6.45, 7) is 11.5. The van der Waals surface area contributed by atoms with Crippen LogP contribution in [0.1, 0.15) is 78.7 Å². The van der Waals surface area contributed by atoms with Crippen LogP contribution in [0.25, 0.3) is 0 Å². The van der Waals surface area contributed by atoms with E-state index in [1.807, 2.05) is 12.1 Å². The van der Waals surface area contributed by atoms with E-state index in [2.05, 4.69) is 71.0 Å². The van der Waals surface area contributed by atoms with Crippen molar-refractivity contribution in [3.63, 3.8) is 0 Å². The summed E-state index contributed by atoms with van der Waals surface area (Å²) in [4.78, 5) is 11.0. The van der Waals surface area contributed by atoms with E-state index in [1.165, 1.54) is 40.7 Å². The number of aryl methyl sites for hydroxylation is 1. The summed E-state index contributed by atoms with van der Waals surface area (Å²) >= 11 is 0. The third kappa shape index (κ3) is 2.48. The third-order valence-electron chi connectivity index (χ3n) is 6.53. The van der Waals surface area contributed by atoms with Crippen LogP contribution in [-0.2, 0) is 16.2 Å². The Morgan fingerprint density at radius 2 is 1.35 bits per heavy atom. The second-order valence-electron chi connectivity index (χ2n) is 9.31. The second-order valence-corrected chi connectivity index (χ2v) is 9.31. The minimum atomic E-state index is 0.0603. The fourth-order valence-electron chi connectivity index (χ4n) is 4.61. The van der Waals surface area contributed by atoms with Crippen LogP contribution in [0.4, 0.5) is 0 Å². The van der Waals surface area contributed by atoms with Gasteiger partial charge in [0.25, 0.3) is 0 Å². The molecule has 1 heteroatoms. The first-order valence-corrected chi connectivity index (χ1v) is 9.62. The fraction of sp³-hybridized carbons (Fsp3) is 0.400. The van der Waals surface area contributed by atoms with E-state index in [1.54, 1.807) is 0 Å². The minimum Gasteiger partial charge on any atom is -0.298 e. The number of aldehydes is 1. The van der Waals surface area contributed by atoms with E-state index in [0.29, 0.717) is 0 Å². The van der Waals surface area contributed by atoms with Gasteiger partial charge in [0.2, 0.25) is 0 Å². The quantitative estimate of drug-likeness (QED) is 0.492. The number of fused-ring (bicyclic) bond motifs is 1. The highest BCUT2D eigenvalue weighted by Gasteiger charge is 2.47. The number of hydrogen-bond acceptors (Lipinski definition) is 1. The number of carbonyl (C=O) groups excluding carboxylic acids is 1. The van der Waals surface area contributed by atoms with Crippen molar-refractivity contribution in [2.75, 3.05) is 0 Å². The van der Waals surface area contributed by atoms with Crippen LogP contribution in [0.15, 0.2) is 48.6 Å². The first-order valence-electron chi connectivity index (χ1n) is 9.62. The zero-order valence-electron chi connectivity index (χ0n) is 16.5. The van der Waals surface area contributed by atoms with Crippen LogP contribution in [0.3, 0.4) is 0 Å². The van der Waals surface area contributed by atoms with Gasteiger partial charge in [-0.2, -0.15) is 0 Å². The van der Waals surface area contributed by atoms with Crippen LogP contribution < -0.4 is 0 Å². The molecular formula is C25H28O. The average Bonchev–Trinajstić information content (AvgIpc) is 3.40. The minimum absolute atomic E-state index is 0.0603. The van der Waals surface area contributed by atoms with Crippen LogP contribution in [0.2, 0.25) is 0 Å². The molecule has 0 aromatic heterocycles. The molecule has 0 heterocycles. The van der Waals surface area contributed by atoms with Crippen molar-refractivity contribution in [2.24, 2.45) is 0 Å². The van der Waals surface area contributed by atoms with E-state index in [4.69, 9.17) is 0 Å². The summed E-state index contributed by atoms with van der Waals surface area (Å²) in [7, 11) is 0. The Morgan fingerprint density at radius 1 is 0.808 bits per heavy atom. The maximum atomic E-state index is 11.0.